The molecule has 6 heteroatoms. The minimum atomic E-state index is -0.674. The molecule has 0 aromatic carbocycles. The number of unbranched alkanes of at least 4 members (excludes halogenated alkanes) is 2. The standard InChI is InChI=1S/C24H44O6/c1-5-7-8-14-20(12-6-2)18-28-24(26)30-22-16-10-9-15-21(22)29-23(25)27-17-11-13-19(3)4/h19-22H,5-18H2,1-4H3. The largest absolute Gasteiger partial charge is 0.508 e. The summed E-state index contributed by atoms with van der Waals surface area (Å²) in [5.74, 6) is 0.962. The molecule has 3 atom stereocenters. The van der Waals surface area contributed by atoms with Gasteiger partial charge in [0.15, 0.2) is 0 Å². The number of carbonyl (C=O) groups excluding carboxylic acids is 2. The molecule has 176 valence electrons. The highest BCUT2D eigenvalue weighted by Crippen LogP contribution is 2.25. The van der Waals surface area contributed by atoms with E-state index < -0.39 is 24.5 Å². The van der Waals surface area contributed by atoms with Crippen LogP contribution in [0.1, 0.15) is 105 Å². The lowest BCUT2D eigenvalue weighted by molar-refractivity contribution is -0.0731. The fourth-order valence-corrected chi connectivity index (χ4v) is 3.88. The molecule has 0 N–H and O–H groups in total. The second-order valence-electron chi connectivity index (χ2n) is 8.94. The second-order valence-corrected chi connectivity index (χ2v) is 8.94. The van der Waals surface area contributed by atoms with Gasteiger partial charge in [-0.25, -0.2) is 9.59 Å². The molecule has 3 unspecified atom stereocenters. The van der Waals surface area contributed by atoms with Crippen LogP contribution in [0.15, 0.2) is 0 Å². The van der Waals surface area contributed by atoms with Gasteiger partial charge in [0.1, 0.15) is 12.2 Å². The average molecular weight is 429 g/mol. The molecule has 0 aliphatic heterocycles. The summed E-state index contributed by atoms with van der Waals surface area (Å²) >= 11 is 0. The Kier molecular flexibility index (Phi) is 14.4. The number of carbonyl (C=O) groups is 2. The predicted molar refractivity (Wildman–Crippen MR) is 118 cm³/mol. The second kappa shape index (κ2) is 16.3. The number of hydrogen-bond donors (Lipinski definition) is 0. The van der Waals surface area contributed by atoms with Gasteiger partial charge in [0.2, 0.25) is 0 Å². The van der Waals surface area contributed by atoms with E-state index in [0.717, 1.165) is 51.4 Å². The normalized spacial score (nSPS) is 19.9. The molecule has 1 rings (SSSR count). The van der Waals surface area contributed by atoms with Crippen LogP contribution in [0.3, 0.4) is 0 Å². The van der Waals surface area contributed by atoms with E-state index in [0.29, 0.717) is 37.9 Å². The quantitative estimate of drug-likeness (QED) is 0.218. The van der Waals surface area contributed by atoms with E-state index in [1.165, 1.54) is 12.8 Å². The van der Waals surface area contributed by atoms with Crippen molar-refractivity contribution in [2.24, 2.45) is 11.8 Å². The predicted octanol–water partition coefficient (Wildman–Crippen LogP) is 7.04. The van der Waals surface area contributed by atoms with E-state index in [1.807, 2.05) is 0 Å². The van der Waals surface area contributed by atoms with Crippen molar-refractivity contribution in [1.29, 1.82) is 0 Å². The Labute approximate surface area is 183 Å². The molecule has 0 spiro atoms. The van der Waals surface area contributed by atoms with Crippen LogP contribution in [-0.2, 0) is 18.9 Å². The van der Waals surface area contributed by atoms with Crippen LogP contribution in [0.2, 0.25) is 0 Å². The lowest BCUT2D eigenvalue weighted by Crippen LogP contribution is -2.38. The zero-order valence-corrected chi connectivity index (χ0v) is 19.7. The monoisotopic (exact) mass is 428 g/mol. The molecular formula is C24H44O6. The fraction of sp³-hybridized carbons (Fsp3) is 0.917. The third kappa shape index (κ3) is 12.3. The maximum atomic E-state index is 12.2. The minimum absolute atomic E-state index is 0.355. The van der Waals surface area contributed by atoms with Gasteiger partial charge in [-0.2, -0.15) is 0 Å². The first kappa shape index (κ1) is 26.6. The van der Waals surface area contributed by atoms with Gasteiger partial charge in [0.25, 0.3) is 0 Å². The number of ether oxygens (including phenoxy) is 4. The van der Waals surface area contributed by atoms with Crippen molar-refractivity contribution in [2.75, 3.05) is 13.2 Å². The highest BCUT2D eigenvalue weighted by molar-refractivity contribution is 5.61. The van der Waals surface area contributed by atoms with Crippen LogP contribution in [0, 0.1) is 11.8 Å². The van der Waals surface area contributed by atoms with Crippen LogP contribution < -0.4 is 0 Å². The van der Waals surface area contributed by atoms with Crippen LogP contribution in [0.4, 0.5) is 9.59 Å². The molecule has 0 aromatic rings. The van der Waals surface area contributed by atoms with E-state index in [-0.39, 0.29) is 0 Å². The highest BCUT2D eigenvalue weighted by Gasteiger charge is 2.32. The molecule has 0 heterocycles. The Morgan fingerprint density at radius 3 is 2.00 bits per heavy atom. The first-order valence-corrected chi connectivity index (χ1v) is 12.1. The minimum Gasteiger partial charge on any atom is -0.434 e. The van der Waals surface area contributed by atoms with Crippen molar-refractivity contribution in [3.63, 3.8) is 0 Å². The van der Waals surface area contributed by atoms with Crippen molar-refractivity contribution in [3.8, 4) is 0 Å². The van der Waals surface area contributed by atoms with Gasteiger partial charge in [0, 0.05) is 0 Å². The van der Waals surface area contributed by atoms with Crippen LogP contribution in [0.5, 0.6) is 0 Å². The molecule has 0 saturated heterocycles. The first-order valence-electron chi connectivity index (χ1n) is 12.1. The average Bonchev–Trinajstić information content (AvgIpc) is 2.71. The van der Waals surface area contributed by atoms with Gasteiger partial charge in [-0.05, 0) is 63.2 Å². The van der Waals surface area contributed by atoms with Crippen LogP contribution in [0.25, 0.3) is 0 Å². The van der Waals surface area contributed by atoms with E-state index in [2.05, 4.69) is 27.7 Å². The smallest absolute Gasteiger partial charge is 0.434 e. The van der Waals surface area contributed by atoms with Crippen molar-refractivity contribution in [3.05, 3.63) is 0 Å². The summed E-state index contributed by atoms with van der Waals surface area (Å²) in [5.41, 5.74) is 0. The molecule has 1 fully saturated rings. The summed E-state index contributed by atoms with van der Waals surface area (Å²) in [6, 6.07) is 0. The van der Waals surface area contributed by atoms with Gasteiger partial charge >= 0.3 is 12.3 Å². The van der Waals surface area contributed by atoms with Gasteiger partial charge in [-0.3, -0.25) is 0 Å². The summed E-state index contributed by atoms with van der Waals surface area (Å²) in [4.78, 5) is 24.2. The SMILES string of the molecule is CCCCCC(CCC)COC(=O)OC1CCCCC1OC(=O)OCCCC(C)C. The molecule has 6 nitrogen and oxygen atoms in total. The van der Waals surface area contributed by atoms with Gasteiger partial charge in [-0.1, -0.05) is 53.4 Å². The third-order valence-corrected chi connectivity index (χ3v) is 5.63. The maximum absolute atomic E-state index is 12.2. The summed E-state index contributed by atoms with van der Waals surface area (Å²) in [7, 11) is 0. The van der Waals surface area contributed by atoms with E-state index in [9.17, 15) is 9.59 Å². The first-order chi connectivity index (χ1) is 14.5. The maximum Gasteiger partial charge on any atom is 0.508 e. The van der Waals surface area contributed by atoms with Crippen molar-refractivity contribution in [2.45, 2.75) is 117 Å². The fourth-order valence-electron chi connectivity index (χ4n) is 3.88. The number of hydrogen-bond acceptors (Lipinski definition) is 6. The van der Waals surface area contributed by atoms with E-state index in [1.54, 1.807) is 0 Å². The summed E-state index contributed by atoms with van der Waals surface area (Å²) in [6.07, 6.45) is 9.57. The molecule has 1 aliphatic carbocycles. The van der Waals surface area contributed by atoms with Gasteiger partial charge < -0.3 is 18.9 Å². The van der Waals surface area contributed by atoms with E-state index in [4.69, 9.17) is 18.9 Å². The summed E-state index contributed by atoms with van der Waals surface area (Å²) in [6.45, 7) is 9.36. The zero-order chi connectivity index (χ0) is 22.2. The summed E-state index contributed by atoms with van der Waals surface area (Å²) in [5, 5.41) is 0. The topological polar surface area (TPSA) is 71.1 Å². The molecule has 0 radical (unpaired) electrons. The third-order valence-electron chi connectivity index (χ3n) is 5.63. The van der Waals surface area contributed by atoms with Gasteiger partial charge in [-0.15, -0.1) is 0 Å². The number of rotatable bonds is 14. The van der Waals surface area contributed by atoms with E-state index >= 15 is 0 Å². The van der Waals surface area contributed by atoms with Crippen molar-refractivity contribution < 1.29 is 28.5 Å². The molecular weight excluding hydrogens is 384 g/mol. The molecule has 0 bridgehead atoms. The molecule has 0 aromatic heterocycles. The Morgan fingerprint density at radius 1 is 0.800 bits per heavy atom. The van der Waals surface area contributed by atoms with Crippen LogP contribution >= 0.6 is 0 Å². The molecule has 0 amide bonds. The molecule has 1 aliphatic rings. The highest BCUT2D eigenvalue weighted by atomic mass is 16.8. The van der Waals surface area contributed by atoms with Crippen molar-refractivity contribution >= 4 is 12.3 Å². The summed E-state index contributed by atoms with van der Waals surface area (Å²) < 4.78 is 21.6. The lowest BCUT2D eigenvalue weighted by atomic mass is 9.94. The Balaban J connectivity index is 2.38. The zero-order valence-electron chi connectivity index (χ0n) is 19.7. The van der Waals surface area contributed by atoms with Gasteiger partial charge in [0.05, 0.1) is 13.2 Å². The Bertz CT molecular complexity index is 465. The molecule has 30 heavy (non-hydrogen) atoms. The van der Waals surface area contributed by atoms with Crippen LogP contribution in [-0.4, -0.2) is 37.7 Å². The Morgan fingerprint density at radius 2 is 1.43 bits per heavy atom. The Hall–Kier alpha value is -1.46. The molecule has 1 saturated carbocycles. The van der Waals surface area contributed by atoms with Crippen molar-refractivity contribution in [1.82, 2.24) is 0 Å². The lowest BCUT2D eigenvalue weighted by Gasteiger charge is -2.30.